The van der Waals surface area contributed by atoms with E-state index in [1.807, 2.05) is 23.1 Å². The molecule has 4 nitrogen and oxygen atoms in total. The summed E-state index contributed by atoms with van der Waals surface area (Å²) in [7, 11) is 0. The van der Waals surface area contributed by atoms with Crippen LogP contribution in [-0.2, 0) is 13.1 Å². The molecule has 0 spiro atoms. The van der Waals surface area contributed by atoms with Crippen molar-refractivity contribution in [2.45, 2.75) is 13.1 Å². The second kappa shape index (κ2) is 5.06. The Bertz CT molecular complexity index is 610. The van der Waals surface area contributed by atoms with Crippen LogP contribution in [-0.4, -0.2) is 21.3 Å². The summed E-state index contributed by atoms with van der Waals surface area (Å²) in [5.41, 5.74) is 2.52. The van der Waals surface area contributed by atoms with Crippen LogP contribution in [0.1, 0.15) is 5.56 Å². The highest BCUT2D eigenvalue weighted by molar-refractivity contribution is 5.82. The fourth-order valence-corrected chi connectivity index (χ4v) is 2.15. The van der Waals surface area contributed by atoms with Crippen LogP contribution in [0.2, 0.25) is 0 Å². The van der Waals surface area contributed by atoms with Gasteiger partial charge in [-0.3, -0.25) is 4.68 Å². The van der Waals surface area contributed by atoms with E-state index in [1.54, 1.807) is 6.20 Å². The first kappa shape index (κ1) is 11.0. The lowest BCUT2D eigenvalue weighted by molar-refractivity contribution is 0.555. The van der Waals surface area contributed by atoms with Crippen LogP contribution in [0.15, 0.2) is 48.9 Å². The van der Waals surface area contributed by atoms with Gasteiger partial charge in [0.1, 0.15) is 0 Å². The van der Waals surface area contributed by atoms with Gasteiger partial charge in [-0.2, -0.15) is 5.10 Å². The molecular formula is C14H16N4. The lowest BCUT2D eigenvalue weighted by Gasteiger charge is -2.06. The molecule has 2 aromatic heterocycles. The number of nitrogens with zero attached hydrogens (tertiary/aromatic N) is 2. The van der Waals surface area contributed by atoms with Gasteiger partial charge < -0.3 is 10.3 Å². The van der Waals surface area contributed by atoms with Crippen molar-refractivity contribution in [3.8, 4) is 0 Å². The third-order valence-electron chi connectivity index (χ3n) is 3.08. The number of rotatable bonds is 5. The molecule has 2 N–H and O–H groups in total. The van der Waals surface area contributed by atoms with E-state index < -0.39 is 0 Å². The minimum atomic E-state index is 0.885. The maximum Gasteiger partial charge on any atom is 0.0534 e. The van der Waals surface area contributed by atoms with Gasteiger partial charge in [-0.25, -0.2) is 0 Å². The van der Waals surface area contributed by atoms with Gasteiger partial charge in [0.2, 0.25) is 0 Å². The molecule has 92 valence electrons. The van der Waals surface area contributed by atoms with Gasteiger partial charge in [0, 0.05) is 42.6 Å². The SMILES string of the molecule is c1cc(CNCCn2cccn2)c2cc[nH]c2c1. The van der Waals surface area contributed by atoms with Crippen LogP contribution in [0.4, 0.5) is 0 Å². The summed E-state index contributed by atoms with van der Waals surface area (Å²) in [5, 5.41) is 8.92. The Morgan fingerprint density at radius 1 is 1.22 bits per heavy atom. The van der Waals surface area contributed by atoms with Gasteiger partial charge in [0.15, 0.2) is 0 Å². The number of nitrogens with one attached hydrogen (secondary N) is 2. The highest BCUT2D eigenvalue weighted by Crippen LogP contribution is 2.16. The molecule has 4 heteroatoms. The molecule has 0 unspecified atom stereocenters. The Balaban J connectivity index is 1.58. The monoisotopic (exact) mass is 240 g/mol. The molecule has 0 aliphatic rings. The number of benzene rings is 1. The molecule has 0 atom stereocenters. The minimum Gasteiger partial charge on any atom is -0.361 e. The first-order valence-corrected chi connectivity index (χ1v) is 6.16. The molecule has 0 fully saturated rings. The van der Waals surface area contributed by atoms with E-state index in [4.69, 9.17) is 0 Å². The molecule has 3 rings (SSSR count). The maximum atomic E-state index is 4.17. The van der Waals surface area contributed by atoms with E-state index in [0.29, 0.717) is 0 Å². The highest BCUT2D eigenvalue weighted by Gasteiger charge is 2.00. The Morgan fingerprint density at radius 3 is 3.11 bits per heavy atom. The lowest BCUT2D eigenvalue weighted by Crippen LogP contribution is -2.19. The average molecular weight is 240 g/mol. The van der Waals surface area contributed by atoms with Crippen molar-refractivity contribution in [3.63, 3.8) is 0 Å². The second-order valence-electron chi connectivity index (χ2n) is 4.30. The fourth-order valence-electron chi connectivity index (χ4n) is 2.15. The predicted octanol–water partition coefficient (Wildman–Crippen LogP) is 2.15. The molecule has 0 saturated heterocycles. The third-order valence-corrected chi connectivity index (χ3v) is 3.08. The van der Waals surface area contributed by atoms with Crippen LogP contribution in [0.3, 0.4) is 0 Å². The summed E-state index contributed by atoms with van der Waals surface area (Å²) in [4.78, 5) is 3.23. The number of aromatic amines is 1. The van der Waals surface area contributed by atoms with Crippen molar-refractivity contribution in [2.24, 2.45) is 0 Å². The lowest BCUT2D eigenvalue weighted by atomic mass is 10.1. The van der Waals surface area contributed by atoms with Crippen molar-refractivity contribution >= 4 is 10.9 Å². The van der Waals surface area contributed by atoms with Gasteiger partial charge in [-0.05, 0) is 23.8 Å². The number of fused-ring (bicyclic) bond motifs is 1. The molecule has 0 aliphatic heterocycles. The van der Waals surface area contributed by atoms with Crippen molar-refractivity contribution in [3.05, 3.63) is 54.5 Å². The molecule has 1 aromatic carbocycles. The quantitative estimate of drug-likeness (QED) is 0.671. The van der Waals surface area contributed by atoms with E-state index >= 15 is 0 Å². The molecule has 0 bridgehead atoms. The van der Waals surface area contributed by atoms with E-state index in [-0.39, 0.29) is 0 Å². The number of H-pyrrole nitrogens is 1. The smallest absolute Gasteiger partial charge is 0.0534 e. The molecule has 2 heterocycles. The zero-order chi connectivity index (χ0) is 12.2. The highest BCUT2D eigenvalue weighted by atomic mass is 15.3. The molecular weight excluding hydrogens is 224 g/mol. The molecule has 0 amide bonds. The van der Waals surface area contributed by atoms with Gasteiger partial charge in [0.25, 0.3) is 0 Å². The van der Waals surface area contributed by atoms with Crippen LogP contribution in [0, 0.1) is 0 Å². The van der Waals surface area contributed by atoms with E-state index in [1.165, 1.54) is 16.5 Å². The van der Waals surface area contributed by atoms with E-state index in [2.05, 4.69) is 39.7 Å². The van der Waals surface area contributed by atoms with Crippen molar-refractivity contribution in [1.82, 2.24) is 20.1 Å². The summed E-state index contributed by atoms with van der Waals surface area (Å²) in [6, 6.07) is 10.4. The van der Waals surface area contributed by atoms with E-state index in [0.717, 1.165) is 19.6 Å². The van der Waals surface area contributed by atoms with Crippen LogP contribution < -0.4 is 5.32 Å². The zero-order valence-electron chi connectivity index (χ0n) is 10.1. The summed E-state index contributed by atoms with van der Waals surface area (Å²) in [5.74, 6) is 0. The molecule has 18 heavy (non-hydrogen) atoms. The van der Waals surface area contributed by atoms with Gasteiger partial charge in [-0.1, -0.05) is 12.1 Å². The van der Waals surface area contributed by atoms with Gasteiger partial charge in [-0.15, -0.1) is 0 Å². The average Bonchev–Trinajstić information content (AvgIpc) is 3.05. The number of hydrogen-bond acceptors (Lipinski definition) is 2. The normalized spacial score (nSPS) is 11.1. The Labute approximate surface area is 106 Å². The summed E-state index contributed by atoms with van der Waals surface area (Å²) in [6.45, 7) is 2.70. The molecule has 0 saturated carbocycles. The molecule has 0 radical (unpaired) electrons. The Morgan fingerprint density at radius 2 is 2.22 bits per heavy atom. The first-order chi connectivity index (χ1) is 8.93. The van der Waals surface area contributed by atoms with Gasteiger partial charge >= 0.3 is 0 Å². The van der Waals surface area contributed by atoms with Gasteiger partial charge in [0.05, 0.1) is 6.54 Å². The van der Waals surface area contributed by atoms with E-state index in [9.17, 15) is 0 Å². The number of hydrogen-bond donors (Lipinski definition) is 2. The third kappa shape index (κ3) is 2.28. The van der Waals surface area contributed by atoms with Crippen molar-refractivity contribution in [1.29, 1.82) is 0 Å². The Hall–Kier alpha value is -2.07. The second-order valence-corrected chi connectivity index (χ2v) is 4.30. The van der Waals surface area contributed by atoms with Crippen LogP contribution >= 0.6 is 0 Å². The topological polar surface area (TPSA) is 45.6 Å². The largest absolute Gasteiger partial charge is 0.361 e. The standard InChI is InChI=1S/C14H16N4/c1-3-12(13-5-7-16-14(13)4-1)11-15-8-10-18-9-2-6-17-18/h1-7,9,15-16H,8,10-11H2. The zero-order valence-corrected chi connectivity index (χ0v) is 10.1. The maximum absolute atomic E-state index is 4.17. The Kier molecular flexibility index (Phi) is 3.10. The van der Waals surface area contributed by atoms with Crippen LogP contribution in [0.25, 0.3) is 10.9 Å². The first-order valence-electron chi connectivity index (χ1n) is 6.16. The number of aromatic nitrogens is 3. The van der Waals surface area contributed by atoms with Crippen LogP contribution in [0.5, 0.6) is 0 Å². The minimum absolute atomic E-state index is 0.885. The molecule has 3 aromatic rings. The van der Waals surface area contributed by atoms with Crippen molar-refractivity contribution < 1.29 is 0 Å². The summed E-state index contributed by atoms with van der Waals surface area (Å²) >= 11 is 0. The molecule has 0 aliphatic carbocycles. The fraction of sp³-hybridized carbons (Fsp3) is 0.214. The summed E-state index contributed by atoms with van der Waals surface area (Å²) < 4.78 is 1.93. The predicted molar refractivity (Wildman–Crippen MR) is 72.2 cm³/mol. The van der Waals surface area contributed by atoms with Crippen molar-refractivity contribution in [2.75, 3.05) is 6.54 Å². The summed E-state index contributed by atoms with van der Waals surface area (Å²) in [6.07, 6.45) is 5.77.